The minimum Gasteiger partial charge on any atom is -0.465 e. The molecule has 0 N–H and O–H groups in total. The Balaban J connectivity index is 4.39. The number of rotatable bonds is 42. The molecule has 0 aromatic rings. The molecule has 6 nitrogen and oxygen atoms in total. The lowest BCUT2D eigenvalue weighted by Crippen LogP contribution is -2.33. The molecule has 0 fully saturated rings. The van der Waals surface area contributed by atoms with Crippen LogP contribution in [0.2, 0.25) is 0 Å². The van der Waals surface area contributed by atoms with Gasteiger partial charge in [-0.15, -0.1) is 0 Å². The lowest BCUT2D eigenvalue weighted by atomic mass is 9.95. The molecule has 0 rings (SSSR count). The highest BCUT2D eigenvalue weighted by atomic mass is 16.5. The highest BCUT2D eigenvalue weighted by Gasteiger charge is 2.14. The Morgan fingerprint density at radius 2 is 0.717 bits per heavy atom. The maximum absolute atomic E-state index is 12.6. The summed E-state index contributed by atoms with van der Waals surface area (Å²) in [5.41, 5.74) is 0. The normalized spacial score (nSPS) is 12.8. The van der Waals surface area contributed by atoms with Gasteiger partial charge in [0.15, 0.2) is 0 Å². The third-order valence-electron chi connectivity index (χ3n) is 11.1. The fraction of sp³-hybridized carbons (Fsp3) is 0.957. The zero-order valence-electron chi connectivity index (χ0n) is 36.8. The summed E-state index contributed by atoms with van der Waals surface area (Å²) >= 11 is 0. The highest BCUT2D eigenvalue weighted by Crippen LogP contribution is 2.21. The molecule has 53 heavy (non-hydrogen) atoms. The first-order valence-electron chi connectivity index (χ1n) is 23.5. The van der Waals surface area contributed by atoms with Crippen LogP contribution in [0.25, 0.3) is 0 Å². The first-order valence-corrected chi connectivity index (χ1v) is 23.5. The summed E-state index contributed by atoms with van der Waals surface area (Å²) in [4.78, 5) is 30.1. The maximum atomic E-state index is 12.6. The number of esters is 2. The van der Waals surface area contributed by atoms with E-state index in [0.29, 0.717) is 37.9 Å². The number of hydrogen-bond acceptors (Lipinski definition) is 6. The van der Waals surface area contributed by atoms with Gasteiger partial charge in [0.2, 0.25) is 0 Å². The van der Waals surface area contributed by atoms with E-state index in [1.54, 1.807) is 0 Å². The van der Waals surface area contributed by atoms with Crippen molar-refractivity contribution in [3.63, 3.8) is 0 Å². The molecule has 0 heterocycles. The number of hydrogen-bond donors (Lipinski definition) is 0. The van der Waals surface area contributed by atoms with Crippen LogP contribution in [0, 0.1) is 11.8 Å². The number of carbonyl (C=O) groups is 2. The Morgan fingerprint density at radius 1 is 0.396 bits per heavy atom. The highest BCUT2D eigenvalue weighted by molar-refractivity contribution is 5.69. The molecule has 0 amide bonds. The van der Waals surface area contributed by atoms with Crippen LogP contribution in [0.15, 0.2) is 0 Å². The van der Waals surface area contributed by atoms with E-state index in [4.69, 9.17) is 9.47 Å². The van der Waals surface area contributed by atoms with Gasteiger partial charge in [-0.3, -0.25) is 9.59 Å². The number of ether oxygens (including phenoxy) is 2. The van der Waals surface area contributed by atoms with Gasteiger partial charge in [0.25, 0.3) is 0 Å². The SMILES string of the molecule is CCCCCCCCC(CCCCCC)COC(=O)CCCCCN(CCCCCC(=O)OCC(CCCCCC)CCCCCCC)CCN(C)C. The van der Waals surface area contributed by atoms with Crippen LogP contribution in [-0.4, -0.2) is 75.2 Å². The van der Waals surface area contributed by atoms with Crippen LogP contribution in [0.1, 0.15) is 227 Å². The van der Waals surface area contributed by atoms with Crippen molar-refractivity contribution >= 4 is 11.9 Å². The van der Waals surface area contributed by atoms with E-state index in [0.717, 1.165) is 64.7 Å². The molecule has 0 spiro atoms. The fourth-order valence-corrected chi connectivity index (χ4v) is 7.40. The molecule has 316 valence electrons. The molecule has 0 aromatic heterocycles. The number of likely N-dealkylation sites (N-methyl/N-ethyl adjacent to an activating group) is 1. The van der Waals surface area contributed by atoms with E-state index < -0.39 is 0 Å². The van der Waals surface area contributed by atoms with E-state index in [-0.39, 0.29) is 11.9 Å². The summed E-state index contributed by atoms with van der Waals surface area (Å²) in [5.74, 6) is 1.06. The summed E-state index contributed by atoms with van der Waals surface area (Å²) < 4.78 is 11.6. The first kappa shape index (κ1) is 51.9. The van der Waals surface area contributed by atoms with E-state index in [2.05, 4.69) is 51.6 Å². The Morgan fingerprint density at radius 3 is 1.08 bits per heavy atom. The minimum atomic E-state index is -0.00201. The smallest absolute Gasteiger partial charge is 0.305 e. The molecule has 0 aliphatic heterocycles. The number of nitrogens with zero attached hydrogens (tertiary/aromatic N) is 2. The standard InChI is InChI=1S/C47H94N2O4/c1-7-11-15-19-21-27-35-45(33-25-18-14-10-4)43-53-47(51)37-29-23-31-39-49(41-40-48(5)6)38-30-22-28-36-46(50)52-42-44(32-24-17-13-9-3)34-26-20-16-12-8-2/h44-45H,7-43H2,1-6H3. The monoisotopic (exact) mass is 751 g/mol. The van der Waals surface area contributed by atoms with Crippen LogP contribution < -0.4 is 0 Å². The van der Waals surface area contributed by atoms with Gasteiger partial charge in [-0.25, -0.2) is 0 Å². The second-order valence-electron chi connectivity index (χ2n) is 16.8. The van der Waals surface area contributed by atoms with E-state index in [1.807, 2.05) is 0 Å². The molecule has 0 aliphatic carbocycles. The summed E-state index contributed by atoms with van der Waals surface area (Å²) in [7, 11) is 4.28. The number of carbonyl (C=O) groups excluding carboxylic acids is 2. The molecule has 0 saturated heterocycles. The van der Waals surface area contributed by atoms with Crippen molar-refractivity contribution in [3.8, 4) is 0 Å². The van der Waals surface area contributed by atoms with Gasteiger partial charge in [0.1, 0.15) is 0 Å². The fourth-order valence-electron chi connectivity index (χ4n) is 7.40. The van der Waals surface area contributed by atoms with Crippen molar-refractivity contribution in [3.05, 3.63) is 0 Å². The van der Waals surface area contributed by atoms with Gasteiger partial charge < -0.3 is 19.3 Å². The van der Waals surface area contributed by atoms with Crippen LogP contribution >= 0.6 is 0 Å². The molecule has 0 saturated carbocycles. The minimum absolute atomic E-state index is 0.000557. The van der Waals surface area contributed by atoms with Crippen LogP contribution in [0.4, 0.5) is 0 Å². The third-order valence-corrected chi connectivity index (χ3v) is 11.1. The second-order valence-corrected chi connectivity index (χ2v) is 16.8. The van der Waals surface area contributed by atoms with E-state index in [1.165, 1.54) is 148 Å². The topological polar surface area (TPSA) is 59.1 Å². The van der Waals surface area contributed by atoms with Gasteiger partial charge in [-0.1, -0.05) is 163 Å². The molecular weight excluding hydrogens is 657 g/mol. The summed E-state index contributed by atoms with van der Waals surface area (Å²) in [5, 5.41) is 0. The average molecular weight is 751 g/mol. The van der Waals surface area contributed by atoms with Crippen molar-refractivity contribution in [2.24, 2.45) is 11.8 Å². The predicted molar refractivity (Wildman–Crippen MR) is 230 cm³/mol. The van der Waals surface area contributed by atoms with Crippen molar-refractivity contribution in [2.45, 2.75) is 227 Å². The molecule has 2 unspecified atom stereocenters. The maximum Gasteiger partial charge on any atom is 0.305 e. The molecule has 0 bridgehead atoms. The Labute approximate surface area is 332 Å². The Bertz CT molecular complexity index is 776. The Kier molecular flexibility index (Phi) is 39.6. The van der Waals surface area contributed by atoms with E-state index >= 15 is 0 Å². The summed E-state index contributed by atoms with van der Waals surface area (Å²) in [6.45, 7) is 14.6. The van der Waals surface area contributed by atoms with Crippen molar-refractivity contribution in [1.82, 2.24) is 9.80 Å². The molecule has 0 radical (unpaired) electrons. The van der Waals surface area contributed by atoms with Gasteiger partial charge in [0.05, 0.1) is 13.2 Å². The second kappa shape index (κ2) is 40.5. The molecule has 0 aliphatic rings. The Hall–Kier alpha value is -1.14. The predicted octanol–water partition coefficient (Wildman–Crippen LogP) is 13.3. The van der Waals surface area contributed by atoms with Crippen LogP contribution in [0.5, 0.6) is 0 Å². The van der Waals surface area contributed by atoms with Gasteiger partial charge in [-0.2, -0.15) is 0 Å². The van der Waals surface area contributed by atoms with Crippen molar-refractivity contribution < 1.29 is 19.1 Å². The number of unbranched alkanes of at least 4 members (excludes halogenated alkanes) is 19. The quantitative estimate of drug-likeness (QED) is 0.0457. The van der Waals surface area contributed by atoms with Crippen LogP contribution in [0.3, 0.4) is 0 Å². The molecule has 6 heteroatoms. The van der Waals surface area contributed by atoms with Gasteiger partial charge in [-0.05, 0) is 90.4 Å². The lowest BCUT2D eigenvalue weighted by molar-refractivity contribution is -0.146. The third kappa shape index (κ3) is 37.6. The molecule has 0 aromatic carbocycles. The molecular formula is C47H94N2O4. The van der Waals surface area contributed by atoms with Gasteiger partial charge >= 0.3 is 11.9 Å². The summed E-state index contributed by atoms with van der Waals surface area (Å²) in [6, 6.07) is 0. The zero-order chi connectivity index (χ0) is 39.0. The first-order chi connectivity index (χ1) is 25.9. The average Bonchev–Trinajstić information content (AvgIpc) is 3.15. The van der Waals surface area contributed by atoms with Crippen molar-refractivity contribution in [2.75, 3.05) is 53.5 Å². The summed E-state index contributed by atoms with van der Waals surface area (Å²) in [6.07, 6.45) is 36.9. The lowest BCUT2D eigenvalue weighted by Gasteiger charge is -2.24. The largest absolute Gasteiger partial charge is 0.465 e. The molecule has 2 atom stereocenters. The zero-order valence-corrected chi connectivity index (χ0v) is 36.8. The van der Waals surface area contributed by atoms with Crippen LogP contribution in [-0.2, 0) is 19.1 Å². The van der Waals surface area contributed by atoms with Crippen molar-refractivity contribution in [1.29, 1.82) is 0 Å². The van der Waals surface area contributed by atoms with Gasteiger partial charge in [0, 0.05) is 25.9 Å². The van der Waals surface area contributed by atoms with E-state index in [9.17, 15) is 9.59 Å².